The van der Waals surface area contributed by atoms with Crippen molar-refractivity contribution >= 4 is 23.5 Å². The van der Waals surface area contributed by atoms with Crippen LogP contribution in [0.5, 0.6) is 5.75 Å². The Kier molecular flexibility index (Phi) is 3.96. The van der Waals surface area contributed by atoms with Gasteiger partial charge in [0.05, 0.1) is 19.6 Å². The maximum absolute atomic E-state index is 12.1. The molecule has 2 aromatic rings. The number of aromatic nitrogens is 3. The number of amides is 2. The van der Waals surface area contributed by atoms with Crippen molar-refractivity contribution in [1.29, 1.82) is 0 Å². The highest BCUT2D eigenvalue weighted by Crippen LogP contribution is 2.20. The highest BCUT2D eigenvalue weighted by atomic mass is 16.5. The smallest absolute Gasteiger partial charge is 0.232 e. The van der Waals surface area contributed by atoms with E-state index in [-0.39, 0.29) is 18.2 Å². The second-order valence-electron chi connectivity index (χ2n) is 5.33. The van der Waals surface area contributed by atoms with Gasteiger partial charge in [0.2, 0.25) is 17.8 Å². The molecule has 3 rings (SSSR count). The number of anilines is 2. The van der Waals surface area contributed by atoms with Crippen molar-refractivity contribution in [2.75, 3.05) is 17.7 Å². The average Bonchev–Trinajstić information content (AvgIpc) is 2.87. The van der Waals surface area contributed by atoms with E-state index in [1.807, 2.05) is 0 Å². The van der Waals surface area contributed by atoms with Crippen LogP contribution in [0, 0.1) is 12.8 Å². The van der Waals surface area contributed by atoms with Crippen LogP contribution < -0.4 is 15.4 Å². The van der Waals surface area contributed by atoms with Gasteiger partial charge in [0.25, 0.3) is 0 Å². The number of aryl methyl sites for hydroxylation is 1. The summed E-state index contributed by atoms with van der Waals surface area (Å²) in [6.45, 7) is 2.10. The van der Waals surface area contributed by atoms with Crippen molar-refractivity contribution in [2.24, 2.45) is 5.92 Å². The summed E-state index contributed by atoms with van der Waals surface area (Å²) in [6, 6.07) is 7.01. The van der Waals surface area contributed by atoms with E-state index in [0.29, 0.717) is 29.8 Å². The predicted molar refractivity (Wildman–Crippen MR) is 83.1 cm³/mol. The highest BCUT2D eigenvalue weighted by molar-refractivity contribution is 5.98. The normalized spacial score (nSPS) is 16.4. The molecule has 0 bridgehead atoms. The molecule has 23 heavy (non-hydrogen) atoms. The van der Waals surface area contributed by atoms with Gasteiger partial charge in [0.15, 0.2) is 0 Å². The number of ether oxygens (including phenoxy) is 1. The maximum atomic E-state index is 12.1. The number of fused-ring (bicyclic) bond motifs is 1. The summed E-state index contributed by atoms with van der Waals surface area (Å²) >= 11 is 0. The zero-order chi connectivity index (χ0) is 16.4. The molecule has 2 N–H and O–H groups in total. The zero-order valence-electron chi connectivity index (χ0n) is 12.9. The molecule has 1 atom stereocenters. The molecule has 1 unspecified atom stereocenters. The first-order valence-electron chi connectivity index (χ1n) is 7.21. The summed E-state index contributed by atoms with van der Waals surface area (Å²) in [5.74, 6) is 0.818. The molecule has 0 saturated carbocycles. The van der Waals surface area contributed by atoms with Gasteiger partial charge in [-0.3, -0.25) is 14.9 Å². The van der Waals surface area contributed by atoms with E-state index in [1.54, 1.807) is 43.0 Å². The van der Waals surface area contributed by atoms with Crippen LogP contribution >= 0.6 is 0 Å². The van der Waals surface area contributed by atoms with Crippen LogP contribution in [0.15, 0.2) is 24.3 Å². The quantitative estimate of drug-likeness (QED) is 0.883. The third kappa shape index (κ3) is 3.31. The number of nitrogens with one attached hydrogen (secondary N) is 2. The Labute approximate surface area is 132 Å². The Morgan fingerprint density at radius 3 is 2.87 bits per heavy atom. The van der Waals surface area contributed by atoms with Crippen LogP contribution in [0.4, 0.5) is 11.6 Å². The number of methoxy groups -OCH3 is 1. The molecule has 0 fully saturated rings. The number of nitrogens with zero attached hydrogens (tertiary/aromatic N) is 3. The first-order valence-corrected chi connectivity index (χ1v) is 7.21. The third-order valence-corrected chi connectivity index (χ3v) is 3.58. The molecule has 1 aliphatic heterocycles. The molecule has 0 radical (unpaired) electrons. The van der Waals surface area contributed by atoms with Crippen LogP contribution in [-0.2, 0) is 16.1 Å². The van der Waals surface area contributed by atoms with Crippen LogP contribution in [0.1, 0.15) is 12.2 Å². The molecular formula is C15H17N5O3. The molecule has 0 aliphatic carbocycles. The minimum atomic E-state index is -0.471. The minimum absolute atomic E-state index is 0.0796. The van der Waals surface area contributed by atoms with E-state index in [1.165, 1.54) is 0 Å². The molecule has 0 spiro atoms. The van der Waals surface area contributed by atoms with Crippen molar-refractivity contribution in [2.45, 2.75) is 19.9 Å². The fourth-order valence-electron chi connectivity index (χ4n) is 2.45. The molecule has 1 aliphatic rings. The lowest BCUT2D eigenvalue weighted by Crippen LogP contribution is -2.36. The van der Waals surface area contributed by atoms with Crippen molar-refractivity contribution in [3.63, 3.8) is 0 Å². The van der Waals surface area contributed by atoms with Crippen molar-refractivity contribution in [3.8, 4) is 5.75 Å². The Hall–Kier alpha value is -2.90. The van der Waals surface area contributed by atoms with Gasteiger partial charge in [-0.05, 0) is 31.2 Å². The van der Waals surface area contributed by atoms with E-state index in [2.05, 4.69) is 20.7 Å². The zero-order valence-corrected chi connectivity index (χ0v) is 12.9. The lowest BCUT2D eigenvalue weighted by molar-refractivity contribution is -0.125. The number of hydrogen-bond donors (Lipinski definition) is 2. The number of hydrogen-bond acceptors (Lipinski definition) is 5. The van der Waals surface area contributed by atoms with Crippen LogP contribution in [-0.4, -0.2) is 33.7 Å². The largest absolute Gasteiger partial charge is 0.497 e. The molecule has 0 saturated heterocycles. The maximum Gasteiger partial charge on any atom is 0.232 e. The van der Waals surface area contributed by atoms with E-state index in [0.717, 1.165) is 0 Å². The van der Waals surface area contributed by atoms with Crippen LogP contribution in [0.3, 0.4) is 0 Å². The summed E-state index contributed by atoms with van der Waals surface area (Å²) in [5.41, 5.74) is 0.657. The molecule has 1 aromatic carbocycles. The lowest BCUT2D eigenvalue weighted by Gasteiger charge is -2.21. The SMILES string of the molecule is COc1ccc(NC(=O)CC2Cn3nc(C)nc3NC2=O)cc1. The van der Waals surface area contributed by atoms with E-state index >= 15 is 0 Å². The number of rotatable bonds is 4. The monoisotopic (exact) mass is 315 g/mol. The second kappa shape index (κ2) is 6.07. The first-order chi connectivity index (χ1) is 11.0. The molecule has 1 aromatic heterocycles. The highest BCUT2D eigenvalue weighted by Gasteiger charge is 2.29. The van der Waals surface area contributed by atoms with Gasteiger partial charge in [-0.25, -0.2) is 4.68 Å². The lowest BCUT2D eigenvalue weighted by atomic mass is 10.0. The average molecular weight is 315 g/mol. The predicted octanol–water partition coefficient (Wildman–Crippen LogP) is 1.19. The topological polar surface area (TPSA) is 98.1 Å². The summed E-state index contributed by atoms with van der Waals surface area (Å²) in [7, 11) is 1.58. The van der Waals surface area contributed by atoms with Crippen LogP contribution in [0.25, 0.3) is 0 Å². The number of benzene rings is 1. The Morgan fingerprint density at radius 1 is 1.43 bits per heavy atom. The van der Waals surface area contributed by atoms with Gasteiger partial charge in [-0.15, -0.1) is 0 Å². The fraction of sp³-hybridized carbons (Fsp3) is 0.333. The van der Waals surface area contributed by atoms with Gasteiger partial charge in [-0.2, -0.15) is 10.1 Å². The second-order valence-corrected chi connectivity index (χ2v) is 5.33. The fourth-order valence-corrected chi connectivity index (χ4v) is 2.45. The van der Waals surface area contributed by atoms with Crippen molar-refractivity contribution in [1.82, 2.24) is 14.8 Å². The molecule has 8 nitrogen and oxygen atoms in total. The summed E-state index contributed by atoms with van der Waals surface area (Å²) in [5, 5.41) is 9.63. The van der Waals surface area contributed by atoms with Gasteiger partial charge < -0.3 is 10.1 Å². The Bertz CT molecular complexity index is 738. The van der Waals surface area contributed by atoms with E-state index in [9.17, 15) is 9.59 Å². The molecular weight excluding hydrogens is 298 g/mol. The molecule has 2 amide bonds. The van der Waals surface area contributed by atoms with Crippen molar-refractivity contribution in [3.05, 3.63) is 30.1 Å². The Balaban J connectivity index is 1.62. The number of carbonyl (C=O) groups excluding carboxylic acids is 2. The van der Waals surface area contributed by atoms with Gasteiger partial charge in [0.1, 0.15) is 11.6 Å². The van der Waals surface area contributed by atoms with E-state index in [4.69, 9.17) is 4.74 Å². The molecule has 2 heterocycles. The van der Waals surface area contributed by atoms with Crippen LogP contribution in [0.2, 0.25) is 0 Å². The van der Waals surface area contributed by atoms with Gasteiger partial charge >= 0.3 is 0 Å². The van der Waals surface area contributed by atoms with Crippen molar-refractivity contribution < 1.29 is 14.3 Å². The number of carbonyl (C=O) groups is 2. The molecule has 120 valence electrons. The summed E-state index contributed by atoms with van der Waals surface area (Å²) in [4.78, 5) is 28.3. The summed E-state index contributed by atoms with van der Waals surface area (Å²) < 4.78 is 6.68. The first kappa shape index (κ1) is 15.0. The Morgan fingerprint density at radius 2 is 2.17 bits per heavy atom. The standard InChI is InChI=1S/C15H17N5O3/c1-9-16-15-18-14(22)10(8-20(15)19-9)7-13(21)17-11-3-5-12(23-2)6-4-11/h3-6,10H,7-8H2,1-2H3,(H,17,21)(H,16,18,19,22). The summed E-state index contributed by atoms with van der Waals surface area (Å²) in [6.07, 6.45) is 0.0796. The van der Waals surface area contributed by atoms with Gasteiger partial charge in [0, 0.05) is 12.1 Å². The third-order valence-electron chi connectivity index (χ3n) is 3.58. The minimum Gasteiger partial charge on any atom is -0.497 e. The molecule has 8 heteroatoms. The van der Waals surface area contributed by atoms with E-state index < -0.39 is 5.92 Å². The van der Waals surface area contributed by atoms with Gasteiger partial charge in [-0.1, -0.05) is 0 Å².